The third-order valence-corrected chi connectivity index (χ3v) is 4.02. The van der Waals surface area contributed by atoms with Gasteiger partial charge in [0.05, 0.1) is 16.3 Å². The minimum atomic E-state index is -4.51. The predicted octanol–water partition coefficient (Wildman–Crippen LogP) is 5.10. The second-order valence-corrected chi connectivity index (χ2v) is 5.75. The maximum absolute atomic E-state index is 12.8. The van der Waals surface area contributed by atoms with Gasteiger partial charge in [0, 0.05) is 29.7 Å². The second-order valence-electron chi connectivity index (χ2n) is 5.35. The van der Waals surface area contributed by atoms with Crippen LogP contribution in [0.5, 0.6) is 0 Å². The minimum Gasteiger partial charge on any atom is -0.351 e. The van der Waals surface area contributed by atoms with Crippen LogP contribution < -0.4 is 5.32 Å². The van der Waals surface area contributed by atoms with Crippen molar-refractivity contribution in [2.24, 2.45) is 7.05 Å². The fourth-order valence-corrected chi connectivity index (χ4v) is 2.58. The molecule has 7 heteroatoms. The Labute approximate surface area is 140 Å². The van der Waals surface area contributed by atoms with E-state index in [1.165, 1.54) is 0 Å². The number of halogens is 4. The first-order valence-electron chi connectivity index (χ1n) is 6.99. The largest absolute Gasteiger partial charge is 0.416 e. The molecule has 0 atom stereocenters. The summed E-state index contributed by atoms with van der Waals surface area (Å²) in [7, 11) is 1.88. The van der Waals surface area contributed by atoms with Crippen LogP contribution in [0.15, 0.2) is 48.7 Å². The summed E-state index contributed by atoms with van der Waals surface area (Å²) in [6, 6.07) is 9.71. The van der Waals surface area contributed by atoms with Gasteiger partial charge in [-0.2, -0.15) is 13.2 Å². The Bertz CT molecular complexity index is 931. The van der Waals surface area contributed by atoms with E-state index >= 15 is 0 Å². The minimum absolute atomic E-state index is 0.0390. The molecule has 0 spiro atoms. The smallest absolute Gasteiger partial charge is 0.351 e. The van der Waals surface area contributed by atoms with Crippen molar-refractivity contribution in [1.29, 1.82) is 0 Å². The number of hydrogen-bond acceptors (Lipinski definition) is 1. The maximum Gasteiger partial charge on any atom is 0.416 e. The van der Waals surface area contributed by atoms with Crippen molar-refractivity contribution < 1.29 is 18.0 Å². The molecule has 1 N–H and O–H groups in total. The van der Waals surface area contributed by atoms with Crippen molar-refractivity contribution in [2.75, 3.05) is 5.32 Å². The number of fused-ring (bicyclic) bond motifs is 1. The van der Waals surface area contributed by atoms with E-state index < -0.39 is 17.6 Å². The third-order valence-electron chi connectivity index (χ3n) is 3.69. The van der Waals surface area contributed by atoms with E-state index in [2.05, 4.69) is 5.32 Å². The van der Waals surface area contributed by atoms with Crippen LogP contribution >= 0.6 is 11.6 Å². The van der Waals surface area contributed by atoms with Crippen LogP contribution in [-0.4, -0.2) is 10.5 Å². The Morgan fingerprint density at radius 1 is 1.12 bits per heavy atom. The first-order chi connectivity index (χ1) is 11.3. The van der Waals surface area contributed by atoms with Crippen LogP contribution in [0.1, 0.15) is 15.9 Å². The number of anilines is 1. The summed E-state index contributed by atoms with van der Waals surface area (Å²) < 4.78 is 40.2. The van der Waals surface area contributed by atoms with Crippen LogP contribution in [-0.2, 0) is 13.2 Å². The lowest BCUT2D eigenvalue weighted by molar-refractivity contribution is -0.137. The average Bonchev–Trinajstić information content (AvgIpc) is 2.89. The Kier molecular flexibility index (Phi) is 4.01. The molecular formula is C17H12ClF3N2O. The summed E-state index contributed by atoms with van der Waals surface area (Å²) in [5, 5.41) is 3.33. The molecule has 0 saturated carbocycles. The molecule has 1 heterocycles. The van der Waals surface area contributed by atoms with E-state index in [4.69, 9.17) is 11.6 Å². The van der Waals surface area contributed by atoms with E-state index in [0.717, 1.165) is 29.1 Å². The third kappa shape index (κ3) is 3.10. The van der Waals surface area contributed by atoms with Gasteiger partial charge in [-0.05, 0) is 42.5 Å². The fourth-order valence-electron chi connectivity index (χ4n) is 2.41. The normalized spacial score (nSPS) is 11.7. The summed E-state index contributed by atoms with van der Waals surface area (Å²) in [5.41, 5.74) is 0.330. The lowest BCUT2D eigenvalue weighted by Gasteiger charge is -2.12. The van der Waals surface area contributed by atoms with Gasteiger partial charge in [-0.3, -0.25) is 4.79 Å². The van der Waals surface area contributed by atoms with Crippen molar-refractivity contribution in [3.8, 4) is 0 Å². The van der Waals surface area contributed by atoms with Gasteiger partial charge in [0.1, 0.15) is 0 Å². The van der Waals surface area contributed by atoms with Gasteiger partial charge >= 0.3 is 6.18 Å². The zero-order chi connectivity index (χ0) is 17.5. The highest BCUT2D eigenvalue weighted by atomic mass is 35.5. The van der Waals surface area contributed by atoms with Gasteiger partial charge in [-0.15, -0.1) is 0 Å². The molecule has 3 aromatic rings. The van der Waals surface area contributed by atoms with Gasteiger partial charge in [0.25, 0.3) is 5.91 Å². The Balaban J connectivity index is 1.90. The molecule has 2 aromatic carbocycles. The molecule has 1 aromatic heterocycles. The Morgan fingerprint density at radius 2 is 1.88 bits per heavy atom. The molecule has 0 radical (unpaired) electrons. The van der Waals surface area contributed by atoms with Crippen molar-refractivity contribution in [3.63, 3.8) is 0 Å². The molecule has 0 saturated heterocycles. The predicted molar refractivity (Wildman–Crippen MR) is 87.3 cm³/mol. The SMILES string of the molecule is Cn1ccc2cc(C(=O)Nc3cc(C(F)(F)F)ccc3Cl)ccc21. The number of carbonyl (C=O) groups excluding carboxylic acids is 1. The van der Waals surface area contributed by atoms with Gasteiger partial charge in [0.2, 0.25) is 0 Å². The number of nitrogens with zero attached hydrogens (tertiary/aromatic N) is 1. The quantitative estimate of drug-likeness (QED) is 0.683. The number of amides is 1. The van der Waals surface area contributed by atoms with Crippen molar-refractivity contribution in [1.82, 2.24) is 4.57 Å². The molecule has 0 aliphatic carbocycles. The maximum atomic E-state index is 12.8. The number of benzene rings is 2. The summed E-state index contributed by atoms with van der Waals surface area (Å²) in [5.74, 6) is -0.526. The highest BCUT2D eigenvalue weighted by Crippen LogP contribution is 2.34. The number of nitrogens with one attached hydrogen (secondary N) is 1. The van der Waals surface area contributed by atoms with E-state index in [0.29, 0.717) is 5.56 Å². The lowest BCUT2D eigenvalue weighted by atomic mass is 10.1. The highest BCUT2D eigenvalue weighted by molar-refractivity contribution is 6.34. The molecule has 124 valence electrons. The molecule has 0 aliphatic heterocycles. The molecule has 3 nitrogen and oxygen atoms in total. The van der Waals surface area contributed by atoms with Gasteiger partial charge in [-0.1, -0.05) is 11.6 Å². The van der Waals surface area contributed by atoms with E-state index in [9.17, 15) is 18.0 Å². The van der Waals surface area contributed by atoms with Gasteiger partial charge < -0.3 is 9.88 Å². The number of rotatable bonds is 2. The number of aromatic nitrogens is 1. The fraction of sp³-hybridized carbons (Fsp3) is 0.118. The van der Waals surface area contributed by atoms with Crippen LogP contribution in [0, 0.1) is 0 Å². The van der Waals surface area contributed by atoms with Crippen molar-refractivity contribution in [2.45, 2.75) is 6.18 Å². The Hall–Kier alpha value is -2.47. The van der Waals surface area contributed by atoms with Crippen LogP contribution in [0.3, 0.4) is 0 Å². The molecule has 0 bridgehead atoms. The molecule has 24 heavy (non-hydrogen) atoms. The second kappa shape index (κ2) is 5.87. The molecule has 1 amide bonds. The number of carbonyl (C=O) groups is 1. The molecule has 0 aliphatic rings. The van der Waals surface area contributed by atoms with Gasteiger partial charge in [0.15, 0.2) is 0 Å². The van der Waals surface area contributed by atoms with Crippen LogP contribution in [0.2, 0.25) is 5.02 Å². The van der Waals surface area contributed by atoms with E-state index in [-0.39, 0.29) is 10.7 Å². The summed E-state index contributed by atoms with van der Waals surface area (Å²) in [6.45, 7) is 0. The number of hydrogen-bond donors (Lipinski definition) is 1. The molecule has 0 fully saturated rings. The monoisotopic (exact) mass is 352 g/mol. The van der Waals surface area contributed by atoms with E-state index in [1.807, 2.05) is 23.9 Å². The zero-order valence-electron chi connectivity index (χ0n) is 12.5. The van der Waals surface area contributed by atoms with Crippen molar-refractivity contribution >= 4 is 34.1 Å². The number of alkyl halides is 3. The van der Waals surface area contributed by atoms with Crippen molar-refractivity contribution in [3.05, 3.63) is 64.8 Å². The molecule has 3 rings (SSSR count). The number of aryl methyl sites for hydroxylation is 1. The molecule has 0 unspecified atom stereocenters. The standard InChI is InChI=1S/C17H12ClF3N2O/c1-23-7-6-10-8-11(2-5-15(10)23)16(24)22-14-9-12(17(19,20)21)3-4-13(14)18/h2-9H,1H3,(H,22,24). The average molecular weight is 353 g/mol. The highest BCUT2D eigenvalue weighted by Gasteiger charge is 2.31. The summed E-state index contributed by atoms with van der Waals surface area (Å²) in [6.07, 6.45) is -2.65. The first kappa shape index (κ1) is 16.4. The summed E-state index contributed by atoms with van der Waals surface area (Å²) in [4.78, 5) is 12.3. The van der Waals surface area contributed by atoms with Crippen LogP contribution in [0.4, 0.5) is 18.9 Å². The Morgan fingerprint density at radius 3 is 2.58 bits per heavy atom. The topological polar surface area (TPSA) is 34.0 Å². The van der Waals surface area contributed by atoms with E-state index in [1.54, 1.807) is 18.2 Å². The first-order valence-corrected chi connectivity index (χ1v) is 7.37. The van der Waals surface area contributed by atoms with Gasteiger partial charge in [-0.25, -0.2) is 0 Å². The molecular weight excluding hydrogens is 341 g/mol. The lowest BCUT2D eigenvalue weighted by Crippen LogP contribution is -2.13. The van der Waals surface area contributed by atoms with Crippen LogP contribution in [0.25, 0.3) is 10.9 Å². The summed E-state index contributed by atoms with van der Waals surface area (Å²) >= 11 is 5.89. The zero-order valence-corrected chi connectivity index (χ0v) is 13.2.